The topological polar surface area (TPSA) is 172 Å². The highest BCUT2D eigenvalue weighted by atomic mass is 16.6. The number of hydrazone groups is 1. The summed E-state index contributed by atoms with van der Waals surface area (Å²) in [7, 11) is 0. The number of aliphatic hydroxyl groups is 1. The normalized spacial score (nSPS) is 16.0. The first-order valence-corrected chi connectivity index (χ1v) is 10.0. The first kappa shape index (κ1) is 22.4. The van der Waals surface area contributed by atoms with Crippen LogP contribution in [-0.2, 0) is 4.79 Å². The van der Waals surface area contributed by atoms with Crippen molar-refractivity contribution in [3.8, 4) is 0 Å². The van der Waals surface area contributed by atoms with E-state index in [2.05, 4.69) is 21.2 Å². The molecule has 0 aromatic heterocycles. The zero-order chi connectivity index (χ0) is 24.2. The number of anilines is 3. The van der Waals surface area contributed by atoms with E-state index >= 15 is 0 Å². The Bertz CT molecular complexity index is 1300. The lowest BCUT2D eigenvalue weighted by Gasteiger charge is -2.29. The van der Waals surface area contributed by atoms with Gasteiger partial charge in [0.05, 0.1) is 26.9 Å². The van der Waals surface area contributed by atoms with E-state index in [4.69, 9.17) is 0 Å². The first-order chi connectivity index (χ1) is 16.3. The minimum Gasteiger partial charge on any atom is -0.382 e. The van der Waals surface area contributed by atoms with Crippen molar-refractivity contribution in [2.45, 2.75) is 12.1 Å². The first-order valence-electron chi connectivity index (χ1n) is 10.0. The summed E-state index contributed by atoms with van der Waals surface area (Å²) in [6.07, 6.45) is -1.49. The predicted octanol–water partition coefficient (Wildman–Crippen LogP) is 3.44. The van der Waals surface area contributed by atoms with Crippen molar-refractivity contribution in [3.05, 3.63) is 98.6 Å². The molecule has 3 aromatic rings. The maximum atomic E-state index is 12.9. The average molecular weight is 462 g/mol. The van der Waals surface area contributed by atoms with Crippen LogP contribution in [0.25, 0.3) is 0 Å². The molecular formula is C22H18N6O6. The van der Waals surface area contributed by atoms with E-state index in [1.165, 1.54) is 42.5 Å². The number of carbonyl (C=O) groups is 1. The van der Waals surface area contributed by atoms with Crippen LogP contribution in [0.4, 0.5) is 28.4 Å². The van der Waals surface area contributed by atoms with Crippen LogP contribution in [0.5, 0.6) is 0 Å². The zero-order valence-corrected chi connectivity index (χ0v) is 17.4. The maximum Gasteiger partial charge on any atom is 0.271 e. The standard InChI is InChI=1S/C22H18N6O6/c29-21(13-5-4-8-15(11-13)27(31)32)19(26-25-14-6-2-1-3-7-14)20-22(30)24-18-12-16(28(33)34)9-10-17(18)23-20/h1-12,20-21,23,25,29H,(H,24,30)/b26-19+. The number of benzene rings is 3. The van der Waals surface area contributed by atoms with Gasteiger partial charge >= 0.3 is 0 Å². The molecule has 0 aliphatic carbocycles. The van der Waals surface area contributed by atoms with E-state index in [-0.39, 0.29) is 28.3 Å². The smallest absolute Gasteiger partial charge is 0.271 e. The van der Waals surface area contributed by atoms with Gasteiger partial charge in [0.2, 0.25) is 0 Å². The molecule has 2 atom stereocenters. The molecule has 172 valence electrons. The summed E-state index contributed by atoms with van der Waals surface area (Å²) in [6.45, 7) is 0. The molecule has 3 aromatic carbocycles. The molecule has 2 unspecified atom stereocenters. The molecular weight excluding hydrogens is 444 g/mol. The van der Waals surface area contributed by atoms with Gasteiger partial charge in [-0.15, -0.1) is 0 Å². The highest BCUT2D eigenvalue weighted by molar-refractivity contribution is 6.19. The molecule has 0 bridgehead atoms. The third-order valence-corrected chi connectivity index (χ3v) is 5.09. The molecule has 1 heterocycles. The average Bonchev–Trinajstić information content (AvgIpc) is 2.84. The van der Waals surface area contributed by atoms with Crippen LogP contribution in [0, 0.1) is 20.2 Å². The number of non-ortho nitro benzene ring substituents is 2. The molecule has 4 rings (SSSR count). The van der Waals surface area contributed by atoms with E-state index in [1.54, 1.807) is 30.3 Å². The molecule has 0 fully saturated rings. The van der Waals surface area contributed by atoms with Gasteiger partial charge in [-0.3, -0.25) is 30.4 Å². The van der Waals surface area contributed by atoms with Gasteiger partial charge in [-0.2, -0.15) is 5.10 Å². The van der Waals surface area contributed by atoms with E-state index < -0.39 is 27.9 Å². The number of carbonyl (C=O) groups excluding carboxylic acids is 1. The van der Waals surface area contributed by atoms with E-state index in [0.29, 0.717) is 11.4 Å². The van der Waals surface area contributed by atoms with E-state index in [9.17, 15) is 30.1 Å². The minimum absolute atomic E-state index is 0.0640. The second kappa shape index (κ2) is 9.34. The Morgan fingerprint density at radius 1 is 0.941 bits per heavy atom. The lowest BCUT2D eigenvalue weighted by atomic mass is 9.96. The molecule has 0 radical (unpaired) electrons. The van der Waals surface area contributed by atoms with E-state index in [0.717, 1.165) is 0 Å². The monoisotopic (exact) mass is 462 g/mol. The summed E-state index contributed by atoms with van der Waals surface area (Å²) in [4.78, 5) is 34.0. The molecule has 12 nitrogen and oxygen atoms in total. The number of amides is 1. The molecule has 0 saturated carbocycles. The van der Waals surface area contributed by atoms with Gasteiger partial charge in [0, 0.05) is 24.3 Å². The Morgan fingerprint density at radius 2 is 1.65 bits per heavy atom. The largest absolute Gasteiger partial charge is 0.382 e. The number of aliphatic hydroxyl groups excluding tert-OH is 1. The van der Waals surface area contributed by atoms with Gasteiger partial charge in [-0.05, 0) is 23.8 Å². The van der Waals surface area contributed by atoms with Crippen LogP contribution < -0.4 is 16.1 Å². The predicted molar refractivity (Wildman–Crippen MR) is 125 cm³/mol. The van der Waals surface area contributed by atoms with Crippen molar-refractivity contribution in [3.63, 3.8) is 0 Å². The molecule has 12 heteroatoms. The third kappa shape index (κ3) is 4.66. The zero-order valence-electron chi connectivity index (χ0n) is 17.4. The summed E-state index contributed by atoms with van der Waals surface area (Å²) < 4.78 is 0. The van der Waals surface area contributed by atoms with Crippen LogP contribution >= 0.6 is 0 Å². The molecule has 4 N–H and O–H groups in total. The van der Waals surface area contributed by atoms with Gasteiger partial charge in [0.15, 0.2) is 0 Å². The maximum absolute atomic E-state index is 12.9. The Balaban J connectivity index is 1.72. The second-order valence-corrected chi connectivity index (χ2v) is 7.32. The highest BCUT2D eigenvalue weighted by Gasteiger charge is 2.35. The number of fused-ring (bicyclic) bond motifs is 1. The van der Waals surface area contributed by atoms with Gasteiger partial charge < -0.3 is 15.7 Å². The van der Waals surface area contributed by atoms with Crippen LogP contribution in [0.1, 0.15) is 11.7 Å². The Morgan fingerprint density at radius 3 is 2.35 bits per heavy atom. The molecule has 1 aliphatic rings. The molecule has 1 aliphatic heterocycles. The Labute approximate surface area is 192 Å². The fourth-order valence-corrected chi connectivity index (χ4v) is 3.41. The quantitative estimate of drug-likeness (QED) is 0.235. The number of hydrogen-bond donors (Lipinski definition) is 4. The van der Waals surface area contributed by atoms with E-state index in [1.807, 2.05) is 0 Å². The molecule has 34 heavy (non-hydrogen) atoms. The van der Waals surface area contributed by atoms with Crippen LogP contribution in [0.2, 0.25) is 0 Å². The number of nitro benzene ring substituents is 2. The van der Waals surface area contributed by atoms with Gasteiger partial charge in [0.1, 0.15) is 17.9 Å². The summed E-state index contributed by atoms with van der Waals surface area (Å²) >= 11 is 0. The van der Waals surface area contributed by atoms with Gasteiger partial charge in [0.25, 0.3) is 17.3 Å². The SMILES string of the molecule is O=C1Nc2cc([N+](=O)[O-])ccc2NC1/C(=N\Nc1ccccc1)C(O)c1cccc([N+](=O)[O-])c1. The number of rotatable bonds is 7. The summed E-state index contributed by atoms with van der Waals surface area (Å²) in [5.74, 6) is -0.619. The Hall–Kier alpha value is -4.84. The van der Waals surface area contributed by atoms with Gasteiger partial charge in [-0.25, -0.2) is 0 Å². The number of nitrogens with zero attached hydrogens (tertiary/aromatic N) is 3. The number of para-hydroxylation sites is 1. The van der Waals surface area contributed by atoms with Crippen molar-refractivity contribution in [1.29, 1.82) is 0 Å². The summed E-state index contributed by atoms with van der Waals surface area (Å²) in [5.41, 5.74) is 3.62. The number of hydrogen-bond acceptors (Lipinski definition) is 9. The van der Waals surface area contributed by atoms with Crippen molar-refractivity contribution in [2.75, 3.05) is 16.1 Å². The molecule has 1 amide bonds. The van der Waals surface area contributed by atoms with Crippen molar-refractivity contribution >= 4 is 40.1 Å². The lowest BCUT2D eigenvalue weighted by Crippen LogP contribution is -2.47. The lowest BCUT2D eigenvalue weighted by molar-refractivity contribution is -0.385. The Kier molecular flexibility index (Phi) is 6.14. The third-order valence-electron chi connectivity index (χ3n) is 5.09. The summed E-state index contributed by atoms with van der Waals surface area (Å²) in [6, 6.07) is 16.9. The van der Waals surface area contributed by atoms with Gasteiger partial charge in [-0.1, -0.05) is 30.3 Å². The summed E-state index contributed by atoms with van der Waals surface area (Å²) in [5, 5.41) is 43.1. The van der Waals surface area contributed by atoms with Crippen LogP contribution in [0.15, 0.2) is 77.9 Å². The fraction of sp³-hybridized carbons (Fsp3) is 0.0909. The molecule has 0 spiro atoms. The van der Waals surface area contributed by atoms with Crippen molar-refractivity contribution in [1.82, 2.24) is 0 Å². The fourth-order valence-electron chi connectivity index (χ4n) is 3.41. The minimum atomic E-state index is -1.49. The van der Waals surface area contributed by atoms with Crippen LogP contribution in [-0.4, -0.2) is 32.6 Å². The second-order valence-electron chi connectivity index (χ2n) is 7.32. The van der Waals surface area contributed by atoms with Crippen molar-refractivity contribution < 1.29 is 19.7 Å². The van der Waals surface area contributed by atoms with Crippen LogP contribution in [0.3, 0.4) is 0 Å². The number of nitro groups is 2. The highest BCUT2D eigenvalue weighted by Crippen LogP contribution is 2.32. The van der Waals surface area contributed by atoms with Crippen molar-refractivity contribution in [2.24, 2.45) is 5.10 Å². The number of nitrogens with one attached hydrogen (secondary N) is 3. The molecule has 0 saturated heterocycles.